The SMILES string of the molecule is CC(C)C[C@@H]1CN(c2ccccc2)c2cc(Oc3ccc(Cl)cc3)c(-c3ccc(F)cc3)cc2S(=O)(=O)N1C. The Morgan fingerprint density at radius 1 is 0.974 bits per heavy atom. The molecular formula is C31H30ClFN2O3S. The molecule has 4 aromatic rings. The fourth-order valence-corrected chi connectivity index (χ4v) is 6.61. The van der Waals surface area contributed by atoms with Crippen LogP contribution in [0.2, 0.25) is 5.02 Å². The van der Waals surface area contributed by atoms with Crippen LogP contribution >= 0.6 is 11.6 Å². The third-order valence-corrected chi connectivity index (χ3v) is 9.12. The van der Waals surface area contributed by atoms with Crippen LogP contribution in [0.1, 0.15) is 20.3 Å². The quantitative estimate of drug-likeness (QED) is 0.237. The first-order valence-electron chi connectivity index (χ1n) is 12.8. The number of likely N-dealkylation sites (N-methyl/N-ethyl adjacent to an activating group) is 1. The van der Waals surface area contributed by atoms with Crippen molar-refractivity contribution in [2.45, 2.75) is 31.2 Å². The number of para-hydroxylation sites is 1. The van der Waals surface area contributed by atoms with Crippen LogP contribution in [0.25, 0.3) is 11.1 Å². The van der Waals surface area contributed by atoms with Crippen LogP contribution in [0.3, 0.4) is 0 Å². The van der Waals surface area contributed by atoms with Gasteiger partial charge < -0.3 is 9.64 Å². The lowest BCUT2D eigenvalue weighted by molar-refractivity contribution is 0.326. The largest absolute Gasteiger partial charge is 0.457 e. The normalized spacial score (nSPS) is 17.1. The molecule has 1 atom stereocenters. The molecule has 0 aromatic heterocycles. The van der Waals surface area contributed by atoms with E-state index in [0.29, 0.717) is 52.2 Å². The monoisotopic (exact) mass is 564 g/mol. The van der Waals surface area contributed by atoms with E-state index in [1.807, 2.05) is 35.2 Å². The van der Waals surface area contributed by atoms with Gasteiger partial charge in [0.25, 0.3) is 0 Å². The van der Waals surface area contributed by atoms with Crippen molar-refractivity contribution in [2.75, 3.05) is 18.5 Å². The number of ether oxygens (including phenoxy) is 1. The van der Waals surface area contributed by atoms with Gasteiger partial charge >= 0.3 is 0 Å². The van der Waals surface area contributed by atoms with Gasteiger partial charge in [-0.1, -0.05) is 55.8 Å². The van der Waals surface area contributed by atoms with Crippen LogP contribution in [0.5, 0.6) is 11.5 Å². The van der Waals surface area contributed by atoms with E-state index >= 15 is 0 Å². The Hall–Kier alpha value is -3.39. The molecule has 5 nitrogen and oxygen atoms in total. The van der Waals surface area contributed by atoms with Gasteiger partial charge in [-0.05, 0) is 72.5 Å². The molecule has 0 saturated heterocycles. The second kappa shape index (κ2) is 11.0. The van der Waals surface area contributed by atoms with Crippen molar-refractivity contribution in [1.82, 2.24) is 4.31 Å². The Morgan fingerprint density at radius 2 is 1.64 bits per heavy atom. The summed E-state index contributed by atoms with van der Waals surface area (Å²) in [6.07, 6.45) is 0.700. The maximum Gasteiger partial charge on any atom is 0.245 e. The summed E-state index contributed by atoms with van der Waals surface area (Å²) in [5.74, 6) is 0.905. The minimum atomic E-state index is -3.88. The molecule has 1 aliphatic rings. The number of fused-ring (bicyclic) bond motifs is 1. The molecule has 4 aromatic carbocycles. The van der Waals surface area contributed by atoms with Gasteiger partial charge in [0.1, 0.15) is 22.2 Å². The molecule has 0 radical (unpaired) electrons. The van der Waals surface area contributed by atoms with Gasteiger partial charge in [0.2, 0.25) is 10.0 Å². The molecule has 1 heterocycles. The molecule has 0 saturated carbocycles. The third-order valence-electron chi connectivity index (χ3n) is 6.92. The Labute approximate surface area is 234 Å². The summed E-state index contributed by atoms with van der Waals surface area (Å²) in [5.41, 5.74) is 2.57. The summed E-state index contributed by atoms with van der Waals surface area (Å²) in [4.78, 5) is 2.22. The number of hydrogen-bond donors (Lipinski definition) is 0. The van der Waals surface area contributed by atoms with Gasteiger partial charge in [-0.2, -0.15) is 4.31 Å². The number of sulfonamides is 1. The third kappa shape index (κ3) is 5.66. The Bertz CT molecular complexity index is 1560. The van der Waals surface area contributed by atoms with Gasteiger partial charge in [0.05, 0.1) is 5.69 Å². The molecule has 0 fully saturated rings. The highest BCUT2D eigenvalue weighted by Gasteiger charge is 2.38. The van der Waals surface area contributed by atoms with Gasteiger partial charge in [0.15, 0.2) is 0 Å². The second-order valence-electron chi connectivity index (χ2n) is 10.1. The molecule has 0 aliphatic carbocycles. The fraction of sp³-hybridized carbons (Fsp3) is 0.226. The summed E-state index contributed by atoms with van der Waals surface area (Å²) in [6, 6.07) is 25.8. The predicted molar refractivity (Wildman–Crippen MR) is 155 cm³/mol. The van der Waals surface area contributed by atoms with Crippen molar-refractivity contribution in [3.63, 3.8) is 0 Å². The number of rotatable bonds is 6. The molecule has 0 spiro atoms. The van der Waals surface area contributed by atoms with Gasteiger partial charge in [-0.25, -0.2) is 12.8 Å². The highest BCUT2D eigenvalue weighted by Crippen LogP contribution is 2.45. The Balaban J connectivity index is 1.76. The van der Waals surface area contributed by atoms with E-state index in [1.54, 1.807) is 55.6 Å². The van der Waals surface area contributed by atoms with E-state index in [-0.39, 0.29) is 16.8 Å². The molecule has 0 bridgehead atoms. The predicted octanol–water partition coefficient (Wildman–Crippen LogP) is 8.13. The van der Waals surface area contributed by atoms with Crippen LogP contribution in [0, 0.1) is 11.7 Å². The topological polar surface area (TPSA) is 49.9 Å². The van der Waals surface area contributed by atoms with Crippen LogP contribution in [0.15, 0.2) is 95.9 Å². The minimum absolute atomic E-state index is 0.169. The summed E-state index contributed by atoms with van der Waals surface area (Å²) in [7, 11) is -2.23. The zero-order chi connectivity index (χ0) is 27.7. The zero-order valence-electron chi connectivity index (χ0n) is 22.0. The highest BCUT2D eigenvalue weighted by molar-refractivity contribution is 7.89. The Kier molecular flexibility index (Phi) is 7.67. The molecule has 1 aliphatic heterocycles. The lowest BCUT2D eigenvalue weighted by atomic mass is 10.0. The van der Waals surface area contributed by atoms with E-state index < -0.39 is 10.0 Å². The number of anilines is 2. The van der Waals surface area contributed by atoms with Crippen molar-refractivity contribution >= 4 is 33.0 Å². The molecule has 5 rings (SSSR count). The van der Waals surface area contributed by atoms with E-state index in [1.165, 1.54) is 16.4 Å². The van der Waals surface area contributed by atoms with E-state index in [4.69, 9.17) is 16.3 Å². The summed E-state index contributed by atoms with van der Waals surface area (Å²) in [5, 5.41) is 0.573. The van der Waals surface area contributed by atoms with Crippen molar-refractivity contribution in [3.8, 4) is 22.6 Å². The highest BCUT2D eigenvalue weighted by atomic mass is 35.5. The van der Waals surface area contributed by atoms with Crippen LogP contribution in [-0.4, -0.2) is 32.4 Å². The molecule has 8 heteroatoms. The lowest BCUT2D eigenvalue weighted by Crippen LogP contribution is -2.41. The van der Waals surface area contributed by atoms with Crippen molar-refractivity contribution in [2.24, 2.45) is 5.92 Å². The smallest absolute Gasteiger partial charge is 0.245 e. The summed E-state index contributed by atoms with van der Waals surface area (Å²) >= 11 is 6.08. The van der Waals surface area contributed by atoms with Gasteiger partial charge in [-0.3, -0.25) is 0 Å². The molecular weight excluding hydrogens is 535 g/mol. The van der Waals surface area contributed by atoms with Crippen molar-refractivity contribution < 1.29 is 17.5 Å². The Morgan fingerprint density at radius 3 is 2.28 bits per heavy atom. The molecule has 0 N–H and O–H groups in total. The molecule has 202 valence electrons. The van der Waals surface area contributed by atoms with Gasteiger partial charge in [0, 0.05) is 42.0 Å². The maximum atomic E-state index is 14.1. The van der Waals surface area contributed by atoms with Crippen LogP contribution in [0.4, 0.5) is 15.8 Å². The van der Waals surface area contributed by atoms with E-state index in [9.17, 15) is 12.8 Å². The van der Waals surface area contributed by atoms with Crippen LogP contribution < -0.4 is 9.64 Å². The average molecular weight is 565 g/mol. The molecule has 39 heavy (non-hydrogen) atoms. The fourth-order valence-electron chi connectivity index (χ4n) is 4.93. The lowest BCUT2D eigenvalue weighted by Gasteiger charge is -2.30. The standard InChI is InChI=1S/C31H30ClFN2O3S/c1-21(2)17-26-20-35(25-7-5-4-6-8-25)29-19-30(38-27-15-11-23(32)12-16-27)28(22-9-13-24(33)14-10-22)18-31(29)39(36,37)34(26)3/h4-16,18-19,21,26H,17,20H2,1-3H3/t26-/m1/s1. The number of hydrogen-bond acceptors (Lipinski definition) is 4. The minimum Gasteiger partial charge on any atom is -0.457 e. The van der Waals surface area contributed by atoms with Crippen LogP contribution in [-0.2, 0) is 10.0 Å². The molecule has 0 unspecified atom stereocenters. The number of halogens is 2. The first-order chi connectivity index (χ1) is 18.6. The summed E-state index contributed by atoms with van der Waals surface area (Å²) < 4.78 is 49.9. The number of nitrogens with zero attached hydrogens (tertiary/aromatic N) is 2. The van der Waals surface area contributed by atoms with Gasteiger partial charge in [-0.15, -0.1) is 0 Å². The first-order valence-corrected chi connectivity index (χ1v) is 14.6. The molecule has 0 amide bonds. The van der Waals surface area contributed by atoms with E-state index in [0.717, 1.165) is 5.69 Å². The maximum absolute atomic E-state index is 14.1. The summed E-state index contributed by atoms with van der Waals surface area (Å²) in [6.45, 7) is 4.66. The van der Waals surface area contributed by atoms with Crippen molar-refractivity contribution in [3.05, 3.63) is 102 Å². The first kappa shape index (κ1) is 27.2. The number of benzene rings is 4. The second-order valence-corrected chi connectivity index (χ2v) is 12.5. The zero-order valence-corrected chi connectivity index (χ0v) is 23.6. The van der Waals surface area contributed by atoms with E-state index in [2.05, 4.69) is 13.8 Å². The average Bonchev–Trinajstić information content (AvgIpc) is 2.99. The van der Waals surface area contributed by atoms with Crippen molar-refractivity contribution in [1.29, 1.82) is 0 Å².